The van der Waals surface area contributed by atoms with Gasteiger partial charge >= 0.3 is 0 Å². The van der Waals surface area contributed by atoms with Gasteiger partial charge in [0.1, 0.15) is 6.67 Å². The summed E-state index contributed by atoms with van der Waals surface area (Å²) in [5.74, 6) is 0.322. The molecule has 0 aliphatic carbocycles. The summed E-state index contributed by atoms with van der Waals surface area (Å²) in [5.41, 5.74) is 4.18. The van der Waals surface area contributed by atoms with Gasteiger partial charge in [-0.05, 0) is 54.5 Å². The standard InChI is InChI=1S/C24H33FN2O2.C2H6.C2H4/c1-2-27(12-13-28)17-22(29)10-9-20-15-21-14-18(16-25)8-11-23(21)26-24(20)19-6-4-3-5-7-19;2*1-2/h3-8,11,14,20,22,24,26,28-29H,2,9-10,12-13,15-17H2,1H3;1-2H3;1-2H2/t20-,22-,24?;;/m0../s1. The maximum absolute atomic E-state index is 13.1. The van der Waals surface area contributed by atoms with E-state index in [4.69, 9.17) is 5.11 Å². The Morgan fingerprint density at radius 1 is 1.15 bits per heavy atom. The summed E-state index contributed by atoms with van der Waals surface area (Å²) in [6, 6.07) is 16.4. The van der Waals surface area contributed by atoms with Gasteiger partial charge in [-0.1, -0.05) is 63.2 Å². The summed E-state index contributed by atoms with van der Waals surface area (Å²) < 4.78 is 13.1. The summed E-state index contributed by atoms with van der Waals surface area (Å²) in [6.45, 7) is 13.7. The number of aliphatic hydroxyl groups is 2. The van der Waals surface area contributed by atoms with Crippen molar-refractivity contribution in [2.45, 2.75) is 58.9 Å². The minimum Gasteiger partial charge on any atom is -0.395 e. The van der Waals surface area contributed by atoms with Crippen LogP contribution in [0.4, 0.5) is 10.1 Å². The molecule has 0 fully saturated rings. The molecule has 5 heteroatoms. The first-order valence-corrected chi connectivity index (χ1v) is 12.1. The molecule has 0 radical (unpaired) electrons. The van der Waals surface area contributed by atoms with E-state index < -0.39 is 12.8 Å². The van der Waals surface area contributed by atoms with E-state index in [0.717, 1.165) is 30.6 Å². The van der Waals surface area contributed by atoms with Crippen LogP contribution in [0.15, 0.2) is 61.7 Å². The molecule has 0 saturated carbocycles. The van der Waals surface area contributed by atoms with Crippen molar-refractivity contribution >= 4 is 5.69 Å². The smallest absolute Gasteiger partial charge is 0.115 e. The Hall–Kier alpha value is -2.21. The first-order chi connectivity index (χ1) is 16.1. The first-order valence-electron chi connectivity index (χ1n) is 12.1. The topological polar surface area (TPSA) is 55.7 Å². The van der Waals surface area contributed by atoms with Crippen molar-refractivity contribution in [2.75, 3.05) is 31.6 Å². The fourth-order valence-electron chi connectivity index (χ4n) is 4.33. The highest BCUT2D eigenvalue weighted by Gasteiger charge is 2.29. The average Bonchev–Trinajstić information content (AvgIpc) is 2.89. The zero-order chi connectivity index (χ0) is 24.6. The minimum absolute atomic E-state index is 0.108. The molecule has 33 heavy (non-hydrogen) atoms. The van der Waals surface area contributed by atoms with Crippen molar-refractivity contribution in [3.05, 3.63) is 78.4 Å². The summed E-state index contributed by atoms with van der Waals surface area (Å²) in [5, 5.41) is 23.4. The van der Waals surface area contributed by atoms with Crippen molar-refractivity contribution < 1.29 is 14.6 Å². The lowest BCUT2D eigenvalue weighted by atomic mass is 9.80. The van der Waals surface area contributed by atoms with Gasteiger partial charge in [0, 0.05) is 18.8 Å². The van der Waals surface area contributed by atoms with Crippen molar-refractivity contribution in [3.63, 3.8) is 0 Å². The maximum Gasteiger partial charge on any atom is 0.115 e. The van der Waals surface area contributed by atoms with Crippen LogP contribution in [0.1, 0.15) is 56.3 Å². The zero-order valence-electron chi connectivity index (χ0n) is 20.6. The predicted octanol–water partition coefficient (Wildman–Crippen LogP) is 5.77. The Morgan fingerprint density at radius 3 is 2.45 bits per heavy atom. The summed E-state index contributed by atoms with van der Waals surface area (Å²) in [6.07, 6.45) is 2.03. The van der Waals surface area contributed by atoms with Crippen LogP contribution in [0.5, 0.6) is 0 Å². The normalized spacial score (nSPS) is 17.5. The maximum atomic E-state index is 13.1. The molecule has 2 aromatic carbocycles. The number of alkyl halides is 1. The lowest BCUT2D eigenvalue weighted by Gasteiger charge is -2.36. The molecule has 0 bridgehead atoms. The average molecular weight is 459 g/mol. The third-order valence-electron chi connectivity index (χ3n) is 5.95. The highest BCUT2D eigenvalue weighted by molar-refractivity contribution is 5.56. The highest BCUT2D eigenvalue weighted by Crippen LogP contribution is 2.39. The predicted molar refractivity (Wildman–Crippen MR) is 138 cm³/mol. The number of nitrogens with one attached hydrogen (secondary N) is 1. The van der Waals surface area contributed by atoms with Gasteiger partial charge < -0.3 is 15.5 Å². The number of aliphatic hydroxyl groups excluding tert-OH is 2. The van der Waals surface area contributed by atoms with Gasteiger partial charge in [0.25, 0.3) is 0 Å². The van der Waals surface area contributed by atoms with Crippen molar-refractivity contribution in [2.24, 2.45) is 5.92 Å². The van der Waals surface area contributed by atoms with Gasteiger partial charge in [0.15, 0.2) is 0 Å². The summed E-state index contributed by atoms with van der Waals surface area (Å²) in [4.78, 5) is 2.07. The quantitative estimate of drug-likeness (QED) is 0.396. The number of hydrogen-bond acceptors (Lipinski definition) is 4. The van der Waals surface area contributed by atoms with Crippen LogP contribution in [0.3, 0.4) is 0 Å². The monoisotopic (exact) mass is 458 g/mol. The Labute approximate surface area is 200 Å². The van der Waals surface area contributed by atoms with E-state index in [-0.39, 0.29) is 12.6 Å². The molecule has 3 rings (SSSR count). The zero-order valence-corrected chi connectivity index (χ0v) is 20.6. The van der Waals surface area contributed by atoms with Gasteiger partial charge in [-0.2, -0.15) is 0 Å². The third kappa shape index (κ3) is 8.92. The fourth-order valence-corrected chi connectivity index (χ4v) is 4.33. The van der Waals surface area contributed by atoms with Gasteiger partial charge in [-0.3, -0.25) is 4.90 Å². The van der Waals surface area contributed by atoms with Gasteiger partial charge in [-0.25, -0.2) is 4.39 Å². The third-order valence-corrected chi connectivity index (χ3v) is 5.95. The highest BCUT2D eigenvalue weighted by atomic mass is 19.1. The molecule has 0 amide bonds. The number of halogens is 1. The number of anilines is 1. The number of benzene rings is 2. The first kappa shape index (κ1) is 28.8. The van der Waals surface area contributed by atoms with Crippen molar-refractivity contribution in [1.82, 2.24) is 4.90 Å². The van der Waals surface area contributed by atoms with Crippen LogP contribution in [-0.4, -0.2) is 47.5 Å². The van der Waals surface area contributed by atoms with Crippen LogP contribution >= 0.6 is 0 Å². The Balaban J connectivity index is 0.00000129. The van der Waals surface area contributed by atoms with Crippen LogP contribution in [0.25, 0.3) is 0 Å². The molecule has 0 spiro atoms. The SMILES string of the molecule is C=C.CC.CCN(CCO)C[C@@H](O)CC[C@H]1Cc2cc(CF)ccc2NC1c1ccccc1. The molecule has 0 saturated heterocycles. The van der Waals surface area contributed by atoms with Crippen LogP contribution in [0, 0.1) is 5.92 Å². The van der Waals surface area contributed by atoms with Crippen molar-refractivity contribution in [3.8, 4) is 0 Å². The Kier molecular flexibility index (Phi) is 14.3. The lowest BCUT2D eigenvalue weighted by molar-refractivity contribution is 0.0903. The Morgan fingerprint density at radius 2 is 1.85 bits per heavy atom. The fraction of sp³-hybridized carbons (Fsp3) is 0.500. The van der Waals surface area contributed by atoms with Gasteiger partial charge in [-0.15, -0.1) is 13.2 Å². The van der Waals surface area contributed by atoms with Gasteiger partial charge in [0.05, 0.1) is 18.8 Å². The van der Waals surface area contributed by atoms with E-state index in [1.54, 1.807) is 0 Å². The van der Waals surface area contributed by atoms with Crippen LogP contribution < -0.4 is 5.32 Å². The molecule has 0 aromatic heterocycles. The van der Waals surface area contributed by atoms with E-state index in [1.807, 2.05) is 45.0 Å². The molecular formula is C28H43FN2O2. The molecular weight excluding hydrogens is 415 g/mol. The number of nitrogens with zero attached hydrogens (tertiary/aromatic N) is 1. The molecule has 1 aliphatic rings. The molecule has 1 unspecified atom stereocenters. The number of likely N-dealkylation sites (N-methyl/N-ethyl adjacent to an activating group) is 1. The Bertz CT molecular complexity index is 772. The summed E-state index contributed by atoms with van der Waals surface area (Å²) in [7, 11) is 0. The van der Waals surface area contributed by atoms with Crippen LogP contribution in [-0.2, 0) is 13.1 Å². The molecule has 3 atom stereocenters. The molecule has 184 valence electrons. The van der Waals surface area contributed by atoms with Crippen LogP contribution in [0.2, 0.25) is 0 Å². The van der Waals surface area contributed by atoms with E-state index >= 15 is 0 Å². The molecule has 1 aliphatic heterocycles. The van der Waals surface area contributed by atoms with Crippen molar-refractivity contribution in [1.29, 1.82) is 0 Å². The number of rotatable bonds is 10. The molecule has 3 N–H and O–H groups in total. The molecule has 2 aromatic rings. The minimum atomic E-state index is -0.448. The number of fused-ring (bicyclic) bond motifs is 1. The van der Waals surface area contributed by atoms with Gasteiger partial charge in [0.2, 0.25) is 0 Å². The molecule has 1 heterocycles. The number of hydrogen-bond donors (Lipinski definition) is 3. The second-order valence-electron chi connectivity index (χ2n) is 7.97. The van der Waals surface area contributed by atoms with E-state index in [2.05, 4.69) is 47.6 Å². The summed E-state index contributed by atoms with van der Waals surface area (Å²) >= 11 is 0. The van der Waals surface area contributed by atoms with E-state index in [9.17, 15) is 9.50 Å². The molecule has 4 nitrogen and oxygen atoms in total. The largest absolute Gasteiger partial charge is 0.395 e. The van der Waals surface area contributed by atoms with E-state index in [1.165, 1.54) is 5.56 Å². The second-order valence-corrected chi connectivity index (χ2v) is 7.97. The lowest BCUT2D eigenvalue weighted by Crippen LogP contribution is -2.35. The van der Waals surface area contributed by atoms with E-state index in [0.29, 0.717) is 31.0 Å². The second kappa shape index (κ2) is 16.4.